The summed E-state index contributed by atoms with van der Waals surface area (Å²) in [6.45, 7) is 4.32. The average Bonchev–Trinajstić information content (AvgIpc) is 2.85. The van der Waals surface area contributed by atoms with Crippen LogP contribution in [0.15, 0.2) is 60.7 Å². The molecular formula is C19H21NO2. The Labute approximate surface area is 131 Å². The van der Waals surface area contributed by atoms with E-state index in [0.29, 0.717) is 5.92 Å². The van der Waals surface area contributed by atoms with Gasteiger partial charge in [-0.25, -0.2) is 4.79 Å². The number of rotatable bonds is 4. The maximum atomic E-state index is 12.1. The van der Waals surface area contributed by atoms with E-state index >= 15 is 0 Å². The fourth-order valence-corrected chi connectivity index (χ4v) is 3.25. The maximum Gasteiger partial charge on any atom is 0.408 e. The van der Waals surface area contributed by atoms with Crippen LogP contribution in [0.25, 0.3) is 0 Å². The van der Waals surface area contributed by atoms with Crippen LogP contribution in [0.2, 0.25) is 0 Å². The highest BCUT2D eigenvalue weighted by atomic mass is 16.6. The lowest BCUT2D eigenvalue weighted by molar-refractivity contribution is 0.0638. The van der Waals surface area contributed by atoms with Crippen molar-refractivity contribution in [2.45, 2.75) is 31.9 Å². The van der Waals surface area contributed by atoms with Gasteiger partial charge in [-0.05, 0) is 12.3 Å². The monoisotopic (exact) mass is 295 g/mol. The number of alkyl carbamates (subject to hydrolysis) is 1. The van der Waals surface area contributed by atoms with Crippen LogP contribution >= 0.6 is 0 Å². The molecule has 114 valence electrons. The molecule has 2 aromatic rings. The topological polar surface area (TPSA) is 38.3 Å². The minimum atomic E-state index is -0.760. The van der Waals surface area contributed by atoms with Gasteiger partial charge in [0.2, 0.25) is 0 Å². The number of cyclic esters (lactones) is 1. The quantitative estimate of drug-likeness (QED) is 0.922. The van der Waals surface area contributed by atoms with Crippen molar-refractivity contribution in [3.8, 4) is 0 Å². The van der Waals surface area contributed by atoms with Crippen LogP contribution in [0, 0.1) is 5.92 Å². The maximum absolute atomic E-state index is 12.1. The van der Waals surface area contributed by atoms with Crippen molar-refractivity contribution in [2.24, 2.45) is 5.92 Å². The van der Waals surface area contributed by atoms with Gasteiger partial charge in [0.15, 0.2) is 5.60 Å². The predicted molar refractivity (Wildman–Crippen MR) is 86.5 cm³/mol. The number of carbonyl (C=O) groups excluding carboxylic acids is 1. The van der Waals surface area contributed by atoms with E-state index in [2.05, 4.69) is 19.2 Å². The summed E-state index contributed by atoms with van der Waals surface area (Å²) in [6.07, 6.45) is 0.508. The highest BCUT2D eigenvalue weighted by molar-refractivity contribution is 5.73. The van der Waals surface area contributed by atoms with Crippen molar-refractivity contribution < 1.29 is 9.53 Å². The molecule has 1 heterocycles. The van der Waals surface area contributed by atoms with Crippen LogP contribution in [0.3, 0.4) is 0 Å². The van der Waals surface area contributed by atoms with Gasteiger partial charge in [-0.2, -0.15) is 0 Å². The molecule has 0 spiro atoms. The standard InChI is InChI=1S/C19H21NO2/c1-14(2)13-17-19(22-18(21)20-17,15-9-5-3-6-10-15)16-11-7-4-8-12-16/h3-12,14,17H,13H2,1-2H3,(H,20,21)/t17-/m0/s1. The van der Waals surface area contributed by atoms with Crippen LogP contribution < -0.4 is 5.32 Å². The second-order valence-corrected chi connectivity index (χ2v) is 6.18. The van der Waals surface area contributed by atoms with Gasteiger partial charge in [-0.15, -0.1) is 0 Å². The average molecular weight is 295 g/mol. The molecule has 0 aliphatic carbocycles. The van der Waals surface area contributed by atoms with Crippen LogP contribution in [0.1, 0.15) is 31.4 Å². The highest BCUT2D eigenvalue weighted by Crippen LogP contribution is 2.42. The normalized spacial score (nSPS) is 19.8. The van der Waals surface area contributed by atoms with Crippen molar-refractivity contribution in [1.82, 2.24) is 5.32 Å². The van der Waals surface area contributed by atoms with Crippen molar-refractivity contribution in [3.63, 3.8) is 0 Å². The second kappa shape index (κ2) is 5.84. The van der Waals surface area contributed by atoms with E-state index in [0.717, 1.165) is 17.5 Å². The zero-order valence-electron chi connectivity index (χ0n) is 13.0. The van der Waals surface area contributed by atoms with Gasteiger partial charge in [-0.3, -0.25) is 0 Å². The number of ether oxygens (including phenoxy) is 1. The SMILES string of the molecule is CC(C)C[C@@H]1NC(=O)OC1(c1ccccc1)c1ccccc1. The summed E-state index contributed by atoms with van der Waals surface area (Å²) in [7, 11) is 0. The van der Waals surface area contributed by atoms with Gasteiger partial charge in [0, 0.05) is 11.1 Å². The molecule has 3 heteroatoms. The van der Waals surface area contributed by atoms with Crippen molar-refractivity contribution in [1.29, 1.82) is 0 Å². The third kappa shape index (κ3) is 2.47. The Morgan fingerprint density at radius 3 is 1.95 bits per heavy atom. The van der Waals surface area contributed by atoms with Crippen LogP contribution in [0.5, 0.6) is 0 Å². The Morgan fingerprint density at radius 1 is 1.00 bits per heavy atom. The molecule has 3 rings (SSSR count). The lowest BCUT2D eigenvalue weighted by Crippen LogP contribution is -2.43. The summed E-state index contributed by atoms with van der Waals surface area (Å²) in [5.41, 5.74) is 1.25. The van der Waals surface area contributed by atoms with Gasteiger partial charge in [0.1, 0.15) is 0 Å². The number of carbonyl (C=O) groups is 1. The van der Waals surface area contributed by atoms with Crippen molar-refractivity contribution in [3.05, 3.63) is 71.8 Å². The van der Waals surface area contributed by atoms with E-state index in [1.54, 1.807) is 0 Å². The minimum absolute atomic E-state index is 0.0789. The molecule has 3 nitrogen and oxygen atoms in total. The van der Waals surface area contributed by atoms with Gasteiger partial charge >= 0.3 is 6.09 Å². The van der Waals surface area contributed by atoms with E-state index in [4.69, 9.17) is 4.74 Å². The van der Waals surface area contributed by atoms with Crippen LogP contribution in [-0.4, -0.2) is 12.1 Å². The zero-order valence-corrected chi connectivity index (χ0v) is 13.0. The third-order valence-electron chi connectivity index (χ3n) is 4.15. The summed E-state index contributed by atoms with van der Waals surface area (Å²) >= 11 is 0. The molecule has 22 heavy (non-hydrogen) atoms. The summed E-state index contributed by atoms with van der Waals surface area (Å²) < 4.78 is 5.88. The minimum Gasteiger partial charge on any atom is -0.431 e. The van der Waals surface area contributed by atoms with Gasteiger partial charge in [-0.1, -0.05) is 74.5 Å². The lowest BCUT2D eigenvalue weighted by atomic mass is 9.78. The zero-order chi connectivity index (χ0) is 15.6. The summed E-state index contributed by atoms with van der Waals surface area (Å²) in [5, 5.41) is 3.01. The van der Waals surface area contributed by atoms with E-state index in [1.165, 1.54) is 0 Å². The molecule has 2 aromatic carbocycles. The number of hydrogen-bond acceptors (Lipinski definition) is 2. The van der Waals surface area contributed by atoms with Gasteiger partial charge in [0.25, 0.3) is 0 Å². The first-order chi connectivity index (χ1) is 10.6. The first-order valence-corrected chi connectivity index (χ1v) is 7.73. The molecule has 0 unspecified atom stereocenters. The number of hydrogen-bond donors (Lipinski definition) is 1. The Morgan fingerprint density at radius 2 is 1.50 bits per heavy atom. The van der Waals surface area contributed by atoms with Gasteiger partial charge in [0.05, 0.1) is 6.04 Å². The molecule has 1 atom stereocenters. The molecule has 0 saturated carbocycles. The van der Waals surface area contributed by atoms with Crippen molar-refractivity contribution in [2.75, 3.05) is 0 Å². The van der Waals surface area contributed by atoms with Crippen LogP contribution in [0.4, 0.5) is 4.79 Å². The van der Waals surface area contributed by atoms with E-state index < -0.39 is 5.60 Å². The van der Waals surface area contributed by atoms with E-state index in [9.17, 15) is 4.79 Å². The molecule has 0 bridgehead atoms. The smallest absolute Gasteiger partial charge is 0.408 e. The fourth-order valence-electron chi connectivity index (χ4n) is 3.25. The Bertz CT molecular complexity index is 597. The molecule has 1 aliphatic rings. The molecule has 1 aliphatic heterocycles. The summed E-state index contributed by atoms with van der Waals surface area (Å²) in [4.78, 5) is 12.1. The molecule has 1 amide bonds. The number of amides is 1. The largest absolute Gasteiger partial charge is 0.431 e. The van der Waals surface area contributed by atoms with Crippen molar-refractivity contribution >= 4 is 6.09 Å². The second-order valence-electron chi connectivity index (χ2n) is 6.18. The lowest BCUT2D eigenvalue weighted by Gasteiger charge is -2.34. The molecule has 0 radical (unpaired) electrons. The van der Waals surface area contributed by atoms with Crippen LogP contribution in [-0.2, 0) is 10.3 Å². The van der Waals surface area contributed by atoms with Gasteiger partial charge < -0.3 is 10.1 Å². The Balaban J connectivity index is 2.16. The Hall–Kier alpha value is -2.29. The van der Waals surface area contributed by atoms with E-state index in [-0.39, 0.29) is 12.1 Å². The first kappa shape index (κ1) is 14.6. The molecular weight excluding hydrogens is 274 g/mol. The predicted octanol–water partition coefficient (Wildman–Crippen LogP) is 4.08. The first-order valence-electron chi connectivity index (χ1n) is 7.73. The van der Waals surface area contributed by atoms with E-state index in [1.807, 2.05) is 60.7 Å². The summed E-state index contributed by atoms with van der Waals surface area (Å²) in [5.74, 6) is 0.457. The molecule has 1 fully saturated rings. The Kier molecular flexibility index (Phi) is 3.88. The molecule has 0 aromatic heterocycles. The highest BCUT2D eigenvalue weighted by Gasteiger charge is 2.51. The number of benzene rings is 2. The fraction of sp³-hybridized carbons (Fsp3) is 0.316. The molecule has 1 N–H and O–H groups in total. The summed E-state index contributed by atoms with van der Waals surface area (Å²) in [6, 6.07) is 19.9. The third-order valence-corrected chi connectivity index (χ3v) is 4.15. The number of nitrogens with one attached hydrogen (secondary N) is 1. The molecule has 1 saturated heterocycles.